The maximum Gasteiger partial charge on any atom is 0.342 e. The normalized spacial score (nSPS) is 14.3. The highest BCUT2D eigenvalue weighted by molar-refractivity contribution is 6.39. The number of para-hydroxylation sites is 1. The summed E-state index contributed by atoms with van der Waals surface area (Å²) in [4.78, 5) is 41.0. The third-order valence-electron chi connectivity index (χ3n) is 11.0. The van der Waals surface area contributed by atoms with Gasteiger partial charge in [-0.2, -0.15) is 10.1 Å². The summed E-state index contributed by atoms with van der Waals surface area (Å²) in [5.41, 5.74) is 0.672. The standard InChI is InChI=1S/C46H78N2O4/c1-9-11-13-15-17-19-21-23-25-30-37-51-47(40-33-28-27-29-34-40)42(49)43(50)48(52-38-31-26-24-22-20-18-16-14-12-10-2)41-35-32-36-46(39-41,44(3,4)5)45(6,7)8/h27-29,32-35,39H,9-26,30-31,36-38H2,1-8H3. The molecular formula is C46H78N2O4. The molecule has 2 amide bonds. The molecule has 0 atom stereocenters. The summed E-state index contributed by atoms with van der Waals surface area (Å²) in [5.74, 6) is -1.49. The van der Waals surface area contributed by atoms with E-state index in [1.807, 2.05) is 36.4 Å². The van der Waals surface area contributed by atoms with Crippen molar-refractivity contribution in [3.05, 3.63) is 54.3 Å². The Labute approximate surface area is 320 Å². The van der Waals surface area contributed by atoms with E-state index in [2.05, 4.69) is 67.5 Å². The molecule has 296 valence electrons. The SMILES string of the molecule is CCCCCCCCCCCCON(C(=O)C(=O)N(OCCCCCCCCCCCC)c1ccccc1)C1=CC(C(C)(C)C)(C(C)(C)C)CC=C1. The molecule has 6 heteroatoms. The summed E-state index contributed by atoms with van der Waals surface area (Å²) < 4.78 is 0. The number of carbonyl (C=O) groups is 2. The van der Waals surface area contributed by atoms with E-state index in [-0.39, 0.29) is 16.2 Å². The van der Waals surface area contributed by atoms with Gasteiger partial charge in [-0.25, -0.2) is 0 Å². The first-order valence-electron chi connectivity index (χ1n) is 21.3. The fraction of sp³-hybridized carbons (Fsp3) is 0.739. The van der Waals surface area contributed by atoms with Gasteiger partial charge in [0.15, 0.2) is 0 Å². The zero-order chi connectivity index (χ0) is 38.3. The van der Waals surface area contributed by atoms with E-state index in [9.17, 15) is 9.59 Å². The predicted octanol–water partition coefficient (Wildman–Crippen LogP) is 13.5. The summed E-state index contributed by atoms with van der Waals surface area (Å²) in [6.07, 6.45) is 31.3. The minimum atomic E-state index is -0.752. The minimum absolute atomic E-state index is 0.106. The number of carbonyl (C=O) groups excluding carboxylic acids is 2. The lowest BCUT2D eigenvalue weighted by Crippen LogP contribution is -2.48. The lowest BCUT2D eigenvalue weighted by atomic mass is 9.51. The summed E-state index contributed by atoms with van der Waals surface area (Å²) in [7, 11) is 0. The molecule has 0 unspecified atom stereocenters. The van der Waals surface area contributed by atoms with Gasteiger partial charge in [-0.3, -0.25) is 19.3 Å². The van der Waals surface area contributed by atoms with E-state index >= 15 is 0 Å². The monoisotopic (exact) mass is 723 g/mol. The molecular weight excluding hydrogens is 645 g/mol. The summed E-state index contributed by atoms with van der Waals surface area (Å²) in [5, 5.41) is 2.44. The predicted molar refractivity (Wildman–Crippen MR) is 220 cm³/mol. The number of hydroxylamine groups is 3. The molecule has 6 nitrogen and oxygen atoms in total. The molecule has 0 fully saturated rings. The smallest absolute Gasteiger partial charge is 0.266 e. The molecule has 0 N–H and O–H groups in total. The largest absolute Gasteiger partial charge is 0.342 e. The average Bonchev–Trinajstić information content (AvgIpc) is 3.11. The molecule has 0 spiro atoms. The summed E-state index contributed by atoms with van der Waals surface area (Å²) in [6.45, 7) is 18.8. The number of allylic oxidation sites excluding steroid dienone is 3. The second-order valence-electron chi connectivity index (χ2n) is 17.2. The van der Waals surface area contributed by atoms with Gasteiger partial charge in [0.25, 0.3) is 0 Å². The Balaban J connectivity index is 2.16. The van der Waals surface area contributed by atoms with Crippen molar-refractivity contribution < 1.29 is 19.3 Å². The maximum absolute atomic E-state index is 14.3. The fourth-order valence-electron chi connectivity index (χ4n) is 7.75. The average molecular weight is 723 g/mol. The maximum atomic E-state index is 14.3. The van der Waals surface area contributed by atoms with Gasteiger partial charge in [0.1, 0.15) is 0 Å². The second-order valence-corrected chi connectivity index (χ2v) is 17.2. The fourth-order valence-corrected chi connectivity index (χ4v) is 7.75. The van der Waals surface area contributed by atoms with E-state index in [0.717, 1.165) is 44.9 Å². The van der Waals surface area contributed by atoms with Gasteiger partial charge in [-0.15, -0.1) is 0 Å². The van der Waals surface area contributed by atoms with Crippen LogP contribution in [-0.2, 0) is 19.3 Å². The molecule has 0 aliphatic heterocycles. The van der Waals surface area contributed by atoms with Crippen LogP contribution in [0, 0.1) is 16.2 Å². The third-order valence-corrected chi connectivity index (χ3v) is 11.0. The first-order chi connectivity index (χ1) is 24.9. The molecule has 0 heterocycles. The van der Waals surface area contributed by atoms with Gasteiger partial charge < -0.3 is 0 Å². The summed E-state index contributed by atoms with van der Waals surface area (Å²) in [6, 6.07) is 9.23. The van der Waals surface area contributed by atoms with Crippen LogP contribution in [0.2, 0.25) is 0 Å². The first kappa shape index (κ1) is 45.7. The van der Waals surface area contributed by atoms with Crippen LogP contribution in [0.4, 0.5) is 5.69 Å². The molecule has 1 aliphatic carbocycles. The van der Waals surface area contributed by atoms with E-state index in [0.29, 0.717) is 24.6 Å². The van der Waals surface area contributed by atoms with Crippen LogP contribution in [0.15, 0.2) is 54.3 Å². The van der Waals surface area contributed by atoms with Gasteiger partial charge in [0.05, 0.1) is 24.6 Å². The minimum Gasteiger partial charge on any atom is -0.266 e. The highest BCUT2D eigenvalue weighted by Gasteiger charge is 2.50. The number of hydrogen-bond acceptors (Lipinski definition) is 4. The number of nitrogens with zero attached hydrogens (tertiary/aromatic N) is 2. The van der Waals surface area contributed by atoms with Gasteiger partial charge in [-0.05, 0) is 48.3 Å². The van der Waals surface area contributed by atoms with Gasteiger partial charge in [0, 0.05) is 5.41 Å². The first-order valence-corrected chi connectivity index (χ1v) is 21.3. The summed E-state index contributed by atoms with van der Waals surface area (Å²) >= 11 is 0. The highest BCUT2D eigenvalue weighted by atomic mass is 16.7. The molecule has 0 saturated carbocycles. The Morgan fingerprint density at radius 2 is 0.962 bits per heavy atom. The number of rotatable bonds is 26. The zero-order valence-electron chi connectivity index (χ0n) is 34.9. The van der Waals surface area contributed by atoms with Crippen molar-refractivity contribution in [2.75, 3.05) is 18.3 Å². The molecule has 52 heavy (non-hydrogen) atoms. The van der Waals surface area contributed by atoms with Gasteiger partial charge in [0.2, 0.25) is 0 Å². The van der Waals surface area contributed by atoms with Crippen molar-refractivity contribution in [3.63, 3.8) is 0 Å². The van der Waals surface area contributed by atoms with Crippen molar-refractivity contribution in [3.8, 4) is 0 Å². The molecule has 0 aromatic heterocycles. The van der Waals surface area contributed by atoms with Gasteiger partial charge >= 0.3 is 11.8 Å². The van der Waals surface area contributed by atoms with Crippen molar-refractivity contribution in [2.24, 2.45) is 16.2 Å². The number of benzene rings is 1. The van der Waals surface area contributed by atoms with Crippen molar-refractivity contribution in [2.45, 2.75) is 190 Å². The topological polar surface area (TPSA) is 59.1 Å². The molecule has 2 rings (SSSR count). The van der Waals surface area contributed by atoms with Gasteiger partial charge in [-0.1, -0.05) is 201 Å². The number of hydrogen-bond donors (Lipinski definition) is 0. The lowest BCUT2D eigenvalue weighted by molar-refractivity contribution is -0.179. The number of amides is 2. The molecule has 0 radical (unpaired) electrons. The quantitative estimate of drug-likeness (QED) is 0.0543. The molecule has 0 saturated heterocycles. The Bertz CT molecular complexity index is 1160. The molecule has 0 bridgehead atoms. The van der Waals surface area contributed by atoms with Crippen LogP contribution in [0.3, 0.4) is 0 Å². The zero-order valence-corrected chi connectivity index (χ0v) is 34.9. The van der Waals surface area contributed by atoms with Crippen LogP contribution in [0.25, 0.3) is 0 Å². The number of unbranched alkanes of at least 4 members (excludes halogenated alkanes) is 18. The Hall–Kier alpha value is -2.44. The highest BCUT2D eigenvalue weighted by Crippen LogP contribution is 2.57. The van der Waals surface area contributed by atoms with Crippen LogP contribution in [0.5, 0.6) is 0 Å². The molecule has 1 aromatic carbocycles. The Kier molecular flexibility index (Phi) is 21.8. The van der Waals surface area contributed by atoms with E-state index in [1.54, 1.807) is 0 Å². The van der Waals surface area contributed by atoms with Crippen LogP contribution in [0.1, 0.15) is 190 Å². The van der Waals surface area contributed by atoms with Crippen LogP contribution in [-0.4, -0.2) is 30.1 Å². The molecule has 1 aromatic rings. The Morgan fingerprint density at radius 3 is 1.38 bits per heavy atom. The van der Waals surface area contributed by atoms with Crippen molar-refractivity contribution in [1.82, 2.24) is 5.06 Å². The third kappa shape index (κ3) is 15.5. The van der Waals surface area contributed by atoms with E-state index < -0.39 is 11.8 Å². The van der Waals surface area contributed by atoms with Crippen LogP contribution >= 0.6 is 0 Å². The second kappa shape index (κ2) is 24.8. The van der Waals surface area contributed by atoms with Crippen LogP contribution < -0.4 is 5.06 Å². The number of anilines is 1. The Morgan fingerprint density at radius 1 is 0.577 bits per heavy atom. The molecule has 1 aliphatic rings. The van der Waals surface area contributed by atoms with Crippen molar-refractivity contribution >= 4 is 17.5 Å². The van der Waals surface area contributed by atoms with E-state index in [1.165, 1.54) is 100 Å². The van der Waals surface area contributed by atoms with Crippen molar-refractivity contribution in [1.29, 1.82) is 0 Å². The lowest BCUT2D eigenvalue weighted by Gasteiger charge is -2.53. The van der Waals surface area contributed by atoms with E-state index in [4.69, 9.17) is 9.68 Å².